The van der Waals surface area contributed by atoms with Crippen molar-refractivity contribution in [2.45, 2.75) is 353 Å². The number of esters is 1. The van der Waals surface area contributed by atoms with Crippen molar-refractivity contribution in [3.8, 4) is 0 Å². The van der Waals surface area contributed by atoms with Gasteiger partial charge < -0.3 is 20.3 Å². The highest BCUT2D eigenvalue weighted by Gasteiger charge is 2.18. The first-order valence-corrected chi connectivity index (χ1v) is 31.8. The smallest absolute Gasteiger partial charge is 0.305 e. The Balaban J connectivity index is 3.52. The van der Waals surface area contributed by atoms with Gasteiger partial charge in [-0.05, 0) is 64.2 Å². The molecule has 0 spiro atoms. The van der Waals surface area contributed by atoms with E-state index < -0.39 is 12.1 Å². The van der Waals surface area contributed by atoms with E-state index in [9.17, 15) is 19.8 Å². The van der Waals surface area contributed by atoms with Gasteiger partial charge in [0.25, 0.3) is 0 Å². The Morgan fingerprint density at radius 2 is 0.690 bits per heavy atom. The average Bonchev–Trinajstić information content (AvgIpc) is 3.37. The quantitative estimate of drug-likeness (QED) is 0.0244. The van der Waals surface area contributed by atoms with Crippen LogP contribution in [0.2, 0.25) is 0 Å². The molecule has 71 heavy (non-hydrogen) atoms. The number of unbranched alkanes of at least 4 members (excludes halogenated alkanes) is 45. The van der Waals surface area contributed by atoms with Crippen LogP contribution >= 0.6 is 0 Å². The van der Waals surface area contributed by atoms with Gasteiger partial charge in [0.1, 0.15) is 0 Å². The largest absolute Gasteiger partial charge is 0.466 e. The Morgan fingerprint density at radius 3 is 1.04 bits per heavy atom. The highest BCUT2D eigenvalue weighted by Crippen LogP contribution is 2.18. The number of carbonyl (C=O) groups is 2. The fraction of sp³-hybridized carbons (Fsp3) is 0.877. The molecule has 0 heterocycles. The van der Waals surface area contributed by atoms with Crippen molar-refractivity contribution in [3.05, 3.63) is 36.5 Å². The summed E-state index contributed by atoms with van der Waals surface area (Å²) in [5.74, 6) is -0.106. The van der Waals surface area contributed by atoms with Gasteiger partial charge in [0.15, 0.2) is 0 Å². The van der Waals surface area contributed by atoms with Gasteiger partial charge in [-0.3, -0.25) is 9.59 Å². The van der Waals surface area contributed by atoms with E-state index in [0.717, 1.165) is 77.0 Å². The Morgan fingerprint density at radius 1 is 0.394 bits per heavy atom. The lowest BCUT2D eigenvalue weighted by Gasteiger charge is -2.20. The van der Waals surface area contributed by atoms with E-state index in [1.54, 1.807) is 6.08 Å². The summed E-state index contributed by atoms with van der Waals surface area (Å²) in [5, 5.41) is 23.2. The van der Waals surface area contributed by atoms with Crippen molar-refractivity contribution in [1.29, 1.82) is 0 Å². The van der Waals surface area contributed by atoms with Crippen molar-refractivity contribution in [1.82, 2.24) is 5.32 Å². The molecule has 0 bridgehead atoms. The Labute approximate surface area is 443 Å². The summed E-state index contributed by atoms with van der Waals surface area (Å²) in [7, 11) is 0. The highest BCUT2D eigenvalue weighted by atomic mass is 16.5. The van der Waals surface area contributed by atoms with Crippen LogP contribution in [0.15, 0.2) is 36.5 Å². The van der Waals surface area contributed by atoms with Gasteiger partial charge in [-0.1, -0.05) is 301 Å². The molecule has 0 aromatic heterocycles. The minimum Gasteiger partial charge on any atom is -0.466 e. The number of amides is 1. The molecular formula is C65H123NO5. The first kappa shape index (κ1) is 69.1. The molecule has 0 rings (SSSR count). The second kappa shape index (κ2) is 60.6. The Bertz CT molecular complexity index is 1150. The molecule has 418 valence electrons. The molecule has 0 radical (unpaired) electrons. The van der Waals surface area contributed by atoms with Gasteiger partial charge in [0.2, 0.25) is 5.91 Å². The zero-order valence-electron chi connectivity index (χ0n) is 47.7. The molecule has 0 aromatic carbocycles. The zero-order chi connectivity index (χ0) is 51.4. The number of hydrogen-bond acceptors (Lipinski definition) is 5. The predicted octanol–water partition coefficient (Wildman–Crippen LogP) is 20.0. The molecular weight excluding hydrogens is 875 g/mol. The molecule has 0 fully saturated rings. The molecule has 0 aliphatic rings. The molecule has 0 aromatic rings. The van der Waals surface area contributed by atoms with Crippen LogP contribution in [-0.2, 0) is 14.3 Å². The second-order valence-electron chi connectivity index (χ2n) is 21.8. The summed E-state index contributed by atoms with van der Waals surface area (Å²) in [6.45, 7) is 4.88. The standard InChI is InChI=1S/C65H123NO5/c1-3-5-7-9-11-13-15-17-19-21-22-23-24-25-27-29-33-37-41-45-49-53-57-63(68)62(61-67)66-64(69)58-54-50-46-42-38-34-30-28-32-36-40-44-48-52-56-60-71-65(70)59-55-51-47-43-39-35-31-26-20-18-16-14-12-10-8-6-4-2/h28,32,36,40,53,57,62-63,67-68H,3-27,29-31,33-35,37-39,41-52,54-56,58-61H2,1-2H3,(H,66,69)/b32-28-,40-36-,57-53+. The predicted molar refractivity (Wildman–Crippen MR) is 310 cm³/mol. The van der Waals surface area contributed by atoms with Gasteiger partial charge in [0.05, 0.1) is 25.4 Å². The van der Waals surface area contributed by atoms with Crippen LogP contribution in [0, 0.1) is 0 Å². The second-order valence-corrected chi connectivity index (χ2v) is 21.8. The van der Waals surface area contributed by atoms with Crippen molar-refractivity contribution in [3.63, 3.8) is 0 Å². The lowest BCUT2D eigenvalue weighted by Crippen LogP contribution is -2.45. The third-order valence-electron chi connectivity index (χ3n) is 14.7. The van der Waals surface area contributed by atoms with Gasteiger partial charge in [0, 0.05) is 12.8 Å². The van der Waals surface area contributed by atoms with Crippen LogP contribution in [0.25, 0.3) is 0 Å². The van der Waals surface area contributed by atoms with E-state index in [1.165, 1.54) is 238 Å². The van der Waals surface area contributed by atoms with E-state index in [0.29, 0.717) is 19.4 Å². The van der Waals surface area contributed by atoms with Crippen molar-refractivity contribution in [2.75, 3.05) is 13.2 Å². The summed E-state index contributed by atoms with van der Waals surface area (Å²) in [6, 6.07) is -0.646. The number of carbonyl (C=O) groups excluding carboxylic acids is 2. The zero-order valence-corrected chi connectivity index (χ0v) is 47.7. The van der Waals surface area contributed by atoms with Crippen LogP contribution in [0.1, 0.15) is 341 Å². The first-order chi connectivity index (χ1) is 35.0. The number of aliphatic hydroxyl groups is 2. The summed E-state index contributed by atoms with van der Waals surface area (Å²) >= 11 is 0. The molecule has 6 nitrogen and oxygen atoms in total. The number of allylic oxidation sites excluding steroid dienone is 5. The lowest BCUT2D eigenvalue weighted by molar-refractivity contribution is -0.143. The van der Waals surface area contributed by atoms with Crippen LogP contribution in [0.4, 0.5) is 0 Å². The van der Waals surface area contributed by atoms with Crippen LogP contribution in [0.5, 0.6) is 0 Å². The third kappa shape index (κ3) is 57.2. The summed E-state index contributed by atoms with van der Waals surface area (Å²) in [4.78, 5) is 24.6. The van der Waals surface area contributed by atoms with Gasteiger partial charge in [-0.25, -0.2) is 0 Å². The maximum absolute atomic E-state index is 12.5. The fourth-order valence-electron chi connectivity index (χ4n) is 9.80. The minimum absolute atomic E-state index is 0.0184. The van der Waals surface area contributed by atoms with Crippen molar-refractivity contribution < 1.29 is 24.5 Å². The maximum Gasteiger partial charge on any atom is 0.305 e. The van der Waals surface area contributed by atoms with E-state index in [4.69, 9.17) is 4.74 Å². The fourth-order valence-corrected chi connectivity index (χ4v) is 9.80. The Kier molecular flexibility index (Phi) is 59.0. The molecule has 0 aliphatic carbocycles. The SMILES string of the molecule is CCCCCCCCCCCCCCCCCCCCCC/C=C/C(O)C(CO)NC(=O)CCCCCCCC/C=C\C=C/CCCCCOC(=O)CCCCCCCCCCCCCCCCCCC. The van der Waals surface area contributed by atoms with Gasteiger partial charge in [-0.2, -0.15) is 0 Å². The molecule has 2 atom stereocenters. The van der Waals surface area contributed by atoms with E-state index in [1.807, 2.05) is 6.08 Å². The lowest BCUT2D eigenvalue weighted by atomic mass is 10.0. The molecule has 0 aliphatic heterocycles. The Hall–Kier alpha value is -1.92. The molecule has 0 saturated carbocycles. The number of rotatable bonds is 59. The monoisotopic (exact) mass is 998 g/mol. The molecule has 0 saturated heterocycles. The van der Waals surface area contributed by atoms with E-state index >= 15 is 0 Å². The number of hydrogen-bond donors (Lipinski definition) is 3. The number of aliphatic hydroxyl groups excluding tert-OH is 2. The van der Waals surface area contributed by atoms with Crippen LogP contribution in [0.3, 0.4) is 0 Å². The third-order valence-corrected chi connectivity index (χ3v) is 14.7. The molecule has 3 N–H and O–H groups in total. The van der Waals surface area contributed by atoms with E-state index in [2.05, 4.69) is 43.5 Å². The van der Waals surface area contributed by atoms with Gasteiger partial charge in [-0.15, -0.1) is 0 Å². The summed E-state index contributed by atoms with van der Waals surface area (Å²) < 4.78 is 5.46. The molecule has 6 heteroatoms. The first-order valence-electron chi connectivity index (χ1n) is 31.8. The summed E-state index contributed by atoms with van der Waals surface area (Å²) in [5.41, 5.74) is 0. The van der Waals surface area contributed by atoms with Crippen LogP contribution in [-0.4, -0.2) is 47.4 Å². The normalized spacial score (nSPS) is 12.8. The van der Waals surface area contributed by atoms with Crippen molar-refractivity contribution in [2.24, 2.45) is 0 Å². The molecule has 1 amide bonds. The minimum atomic E-state index is -0.860. The van der Waals surface area contributed by atoms with Gasteiger partial charge >= 0.3 is 5.97 Å². The van der Waals surface area contributed by atoms with Crippen LogP contribution < -0.4 is 5.32 Å². The maximum atomic E-state index is 12.5. The molecule has 2 unspecified atom stereocenters. The van der Waals surface area contributed by atoms with E-state index in [-0.39, 0.29) is 18.5 Å². The average molecular weight is 999 g/mol. The topological polar surface area (TPSA) is 95.9 Å². The highest BCUT2D eigenvalue weighted by molar-refractivity contribution is 5.76. The number of ether oxygens (including phenoxy) is 1. The van der Waals surface area contributed by atoms with Crippen molar-refractivity contribution >= 4 is 11.9 Å². The number of nitrogens with one attached hydrogen (secondary N) is 1. The summed E-state index contributed by atoms with van der Waals surface area (Å²) in [6.07, 6.45) is 76.2.